The third-order valence-corrected chi connectivity index (χ3v) is 4.66. The number of esters is 1. The average molecular weight is 388 g/mol. The number of rotatable bonds is 4. The quantitative estimate of drug-likeness (QED) is 0.740. The van der Waals surface area contributed by atoms with Gasteiger partial charge in [0.15, 0.2) is 0 Å². The largest absolute Gasteiger partial charge is 0.462 e. The van der Waals surface area contributed by atoms with E-state index in [2.05, 4.69) is 9.72 Å². The van der Waals surface area contributed by atoms with Crippen molar-refractivity contribution >= 4 is 11.8 Å². The molecule has 0 bridgehead atoms. The Kier molecular flexibility index (Phi) is 5.62. The molecule has 0 aromatic carbocycles. The Bertz CT molecular complexity index is 716. The van der Waals surface area contributed by atoms with Crippen LogP contribution in [0.3, 0.4) is 0 Å². The topological polar surface area (TPSA) is 60.9 Å². The van der Waals surface area contributed by atoms with Crippen LogP contribution in [0.4, 0.5) is 19.0 Å². The minimum Gasteiger partial charge on any atom is -0.462 e. The van der Waals surface area contributed by atoms with Gasteiger partial charge in [-0.25, -0.2) is 14.2 Å². The van der Waals surface area contributed by atoms with Crippen molar-refractivity contribution in [2.45, 2.75) is 45.1 Å². The van der Waals surface area contributed by atoms with Gasteiger partial charge in [-0.3, -0.25) is 4.74 Å². The van der Waals surface area contributed by atoms with Gasteiger partial charge in [0.25, 0.3) is 0 Å². The van der Waals surface area contributed by atoms with Gasteiger partial charge < -0.3 is 14.4 Å². The maximum atomic E-state index is 14.6. The van der Waals surface area contributed by atoms with E-state index in [1.807, 2.05) is 0 Å². The minimum absolute atomic E-state index is 0.108. The number of carbonyl (C=O) groups is 1. The molecule has 2 aliphatic heterocycles. The molecule has 27 heavy (non-hydrogen) atoms. The molecule has 1 saturated heterocycles. The van der Waals surface area contributed by atoms with Gasteiger partial charge in [-0.05, 0) is 25.0 Å². The van der Waals surface area contributed by atoms with E-state index in [1.165, 1.54) is 13.0 Å². The van der Waals surface area contributed by atoms with Crippen molar-refractivity contribution in [1.82, 2.24) is 4.98 Å². The van der Waals surface area contributed by atoms with Crippen molar-refractivity contribution in [3.8, 4) is 0 Å². The number of ether oxygens (including phenoxy) is 3. The van der Waals surface area contributed by atoms with Gasteiger partial charge in [0, 0.05) is 18.5 Å². The number of fused-ring (bicyclic) bond motifs is 1. The summed E-state index contributed by atoms with van der Waals surface area (Å²) in [6.45, 7) is 2.90. The summed E-state index contributed by atoms with van der Waals surface area (Å²) in [4.78, 5) is 18.0. The standard InChI is InChI=1S/C18H23F3N2O4/c1-3-17(19)10-23(11-18(20,21)27-17)15-9-13(16(24)26-4-2)12-5-7-25-8-6-14(12)22-15/h9H,3-8,10-11H2,1-2H3. The zero-order chi connectivity index (χ0) is 19.7. The predicted molar refractivity (Wildman–Crippen MR) is 90.8 cm³/mol. The summed E-state index contributed by atoms with van der Waals surface area (Å²) in [5.74, 6) is -2.94. The Balaban J connectivity index is 2.03. The summed E-state index contributed by atoms with van der Waals surface area (Å²) < 4.78 is 57.4. The van der Waals surface area contributed by atoms with Crippen LogP contribution in [-0.4, -0.2) is 55.8 Å². The van der Waals surface area contributed by atoms with Crippen LogP contribution in [0.2, 0.25) is 0 Å². The maximum absolute atomic E-state index is 14.6. The molecule has 0 amide bonds. The second-order valence-corrected chi connectivity index (χ2v) is 6.62. The number of alkyl halides is 3. The van der Waals surface area contributed by atoms with Crippen LogP contribution in [0, 0.1) is 0 Å². The molecule has 0 spiro atoms. The Morgan fingerprint density at radius 2 is 2.00 bits per heavy atom. The number of hydrogen-bond donors (Lipinski definition) is 0. The van der Waals surface area contributed by atoms with Gasteiger partial charge in [-0.1, -0.05) is 6.92 Å². The van der Waals surface area contributed by atoms with Crippen molar-refractivity contribution in [3.05, 3.63) is 22.9 Å². The van der Waals surface area contributed by atoms with Crippen LogP contribution in [0.15, 0.2) is 6.07 Å². The minimum atomic E-state index is -3.66. The number of morpholine rings is 1. The lowest BCUT2D eigenvalue weighted by atomic mass is 10.0. The third kappa shape index (κ3) is 4.35. The van der Waals surface area contributed by atoms with Crippen LogP contribution >= 0.6 is 0 Å². The monoisotopic (exact) mass is 388 g/mol. The van der Waals surface area contributed by atoms with Crippen LogP contribution in [0.1, 0.15) is 41.9 Å². The molecule has 0 aliphatic carbocycles. The first-order valence-electron chi connectivity index (χ1n) is 9.06. The maximum Gasteiger partial charge on any atom is 0.375 e. The molecule has 3 heterocycles. The average Bonchev–Trinajstić information content (AvgIpc) is 2.84. The van der Waals surface area contributed by atoms with E-state index in [0.29, 0.717) is 37.3 Å². The van der Waals surface area contributed by atoms with Crippen molar-refractivity contribution in [2.75, 3.05) is 37.8 Å². The Hall–Kier alpha value is -1.87. The number of aromatic nitrogens is 1. The van der Waals surface area contributed by atoms with Gasteiger partial charge in [-0.15, -0.1) is 0 Å². The molecule has 150 valence electrons. The fourth-order valence-electron chi connectivity index (χ4n) is 3.33. The van der Waals surface area contributed by atoms with E-state index in [4.69, 9.17) is 9.47 Å². The van der Waals surface area contributed by atoms with Crippen LogP contribution in [0.25, 0.3) is 0 Å². The van der Waals surface area contributed by atoms with Crippen LogP contribution in [-0.2, 0) is 27.1 Å². The molecule has 1 fully saturated rings. The summed E-state index contributed by atoms with van der Waals surface area (Å²) in [7, 11) is 0. The fraction of sp³-hybridized carbons (Fsp3) is 0.667. The number of halogens is 3. The lowest BCUT2D eigenvalue weighted by Gasteiger charge is -2.41. The number of carbonyl (C=O) groups excluding carboxylic acids is 1. The number of hydrogen-bond acceptors (Lipinski definition) is 6. The number of pyridine rings is 1. The summed E-state index contributed by atoms with van der Waals surface area (Å²) in [6, 6.07) is 1.40. The van der Waals surface area contributed by atoms with E-state index in [0.717, 1.165) is 4.90 Å². The van der Waals surface area contributed by atoms with Crippen molar-refractivity contribution in [1.29, 1.82) is 0 Å². The molecule has 6 nitrogen and oxygen atoms in total. The Labute approximate surface area is 155 Å². The SMILES string of the molecule is CCOC(=O)c1cc(N2CC(F)(F)OC(F)(CC)C2)nc2c1CCOCC2. The molecule has 2 aliphatic rings. The summed E-state index contributed by atoms with van der Waals surface area (Å²) in [6.07, 6.45) is -2.99. The highest BCUT2D eigenvalue weighted by molar-refractivity contribution is 5.92. The second kappa shape index (κ2) is 7.63. The fourth-order valence-corrected chi connectivity index (χ4v) is 3.33. The zero-order valence-electron chi connectivity index (χ0n) is 15.4. The molecule has 1 aromatic rings. The molecule has 0 N–H and O–H groups in total. The van der Waals surface area contributed by atoms with E-state index in [1.54, 1.807) is 6.92 Å². The molecular formula is C18H23F3N2O4. The lowest BCUT2D eigenvalue weighted by Crippen LogP contribution is -2.56. The van der Waals surface area contributed by atoms with Crippen molar-refractivity contribution in [2.24, 2.45) is 0 Å². The van der Waals surface area contributed by atoms with Gasteiger partial charge in [0.1, 0.15) is 12.4 Å². The Morgan fingerprint density at radius 1 is 1.26 bits per heavy atom. The summed E-state index contributed by atoms with van der Waals surface area (Å²) in [5, 5.41) is 0. The van der Waals surface area contributed by atoms with Crippen LogP contribution < -0.4 is 4.90 Å². The van der Waals surface area contributed by atoms with E-state index >= 15 is 0 Å². The molecule has 1 atom stereocenters. The number of nitrogens with zero attached hydrogens (tertiary/aromatic N) is 2. The van der Waals surface area contributed by atoms with E-state index < -0.39 is 31.0 Å². The van der Waals surface area contributed by atoms with Gasteiger partial charge in [0.2, 0.25) is 5.85 Å². The van der Waals surface area contributed by atoms with Gasteiger partial charge in [-0.2, -0.15) is 8.78 Å². The highest BCUT2D eigenvalue weighted by Crippen LogP contribution is 2.37. The predicted octanol–water partition coefficient (Wildman–Crippen LogP) is 2.88. The summed E-state index contributed by atoms with van der Waals surface area (Å²) >= 11 is 0. The lowest BCUT2D eigenvalue weighted by molar-refractivity contribution is -0.338. The first-order chi connectivity index (χ1) is 12.8. The normalized spacial score (nSPS) is 24.9. The van der Waals surface area contributed by atoms with Crippen molar-refractivity contribution < 1.29 is 32.2 Å². The third-order valence-electron chi connectivity index (χ3n) is 4.66. The number of anilines is 1. The first kappa shape index (κ1) is 19.9. The molecule has 0 saturated carbocycles. The van der Waals surface area contributed by atoms with E-state index in [9.17, 15) is 18.0 Å². The van der Waals surface area contributed by atoms with Gasteiger partial charge >= 0.3 is 12.1 Å². The van der Waals surface area contributed by atoms with Crippen molar-refractivity contribution in [3.63, 3.8) is 0 Å². The second-order valence-electron chi connectivity index (χ2n) is 6.62. The van der Waals surface area contributed by atoms with E-state index in [-0.39, 0.29) is 24.4 Å². The molecule has 1 aromatic heterocycles. The molecule has 9 heteroatoms. The molecule has 1 unspecified atom stereocenters. The highest BCUT2D eigenvalue weighted by Gasteiger charge is 2.50. The Morgan fingerprint density at radius 3 is 2.70 bits per heavy atom. The highest BCUT2D eigenvalue weighted by atomic mass is 19.3. The molecule has 3 rings (SSSR count). The molecular weight excluding hydrogens is 365 g/mol. The summed E-state index contributed by atoms with van der Waals surface area (Å²) in [5.41, 5.74) is 1.54. The van der Waals surface area contributed by atoms with Crippen LogP contribution in [0.5, 0.6) is 0 Å². The smallest absolute Gasteiger partial charge is 0.375 e. The first-order valence-corrected chi connectivity index (χ1v) is 9.06. The van der Waals surface area contributed by atoms with Gasteiger partial charge in [0.05, 0.1) is 31.9 Å². The molecule has 0 radical (unpaired) electrons. The zero-order valence-corrected chi connectivity index (χ0v) is 15.4.